The van der Waals surface area contributed by atoms with Gasteiger partial charge in [-0.1, -0.05) is 29.2 Å². The van der Waals surface area contributed by atoms with E-state index < -0.39 is 13.0 Å². The van der Waals surface area contributed by atoms with Crippen LogP contribution in [0.1, 0.15) is 6.42 Å². The maximum Gasteiger partial charge on any atom is 0.250 e. The Kier molecular flexibility index (Phi) is 5.23. The monoisotopic (exact) mass is 424 g/mol. The molecule has 0 aromatic rings. The Morgan fingerprint density at radius 1 is 1.57 bits per heavy atom. The number of carbonyl (C=O) groups excluding carboxylic acids is 1. The van der Waals surface area contributed by atoms with Gasteiger partial charge >= 0.3 is 0 Å². The highest BCUT2D eigenvalue weighted by Crippen LogP contribution is 2.40. The second kappa shape index (κ2) is 6.44. The first-order valence-corrected chi connectivity index (χ1v) is 11.1. The number of hydrogen-bond acceptors (Lipinski definition) is 4. The van der Waals surface area contributed by atoms with E-state index in [1.165, 1.54) is 6.08 Å². The van der Waals surface area contributed by atoms with Crippen LogP contribution < -0.4 is 5.32 Å². The fourth-order valence-corrected chi connectivity index (χ4v) is 4.30. The van der Waals surface area contributed by atoms with Gasteiger partial charge in [0.2, 0.25) is 0 Å². The second-order valence-corrected chi connectivity index (χ2v) is 11.9. The van der Waals surface area contributed by atoms with Crippen LogP contribution in [-0.4, -0.2) is 64.1 Å². The Bertz CT molecular complexity index is 516. The van der Waals surface area contributed by atoms with Crippen molar-refractivity contribution in [3.05, 3.63) is 24.7 Å². The molecule has 0 aromatic heterocycles. The molecule has 2 heterocycles. The number of alkyl halides is 1. The quantitative estimate of drug-likeness (QED) is 0.407. The fraction of sp³-hybridized carbons (Fsp3) is 0.571. The molecule has 118 valence electrons. The minimum Gasteiger partial charge on any atom is -0.389 e. The van der Waals surface area contributed by atoms with Crippen molar-refractivity contribution < 1.29 is 14.6 Å². The van der Waals surface area contributed by atoms with Gasteiger partial charge in [0.1, 0.15) is 12.0 Å². The first-order chi connectivity index (χ1) is 9.69. The van der Waals surface area contributed by atoms with E-state index in [9.17, 15) is 9.90 Å². The van der Waals surface area contributed by atoms with Crippen LogP contribution in [0.15, 0.2) is 24.7 Å². The van der Waals surface area contributed by atoms with Crippen molar-refractivity contribution in [1.82, 2.24) is 10.2 Å². The largest absolute Gasteiger partial charge is 0.389 e. The molecule has 0 aliphatic carbocycles. The first-order valence-electron chi connectivity index (χ1n) is 6.80. The van der Waals surface area contributed by atoms with Crippen LogP contribution >= 0.6 is 29.5 Å². The van der Waals surface area contributed by atoms with Crippen molar-refractivity contribution in [3.63, 3.8) is 0 Å². The lowest BCUT2D eigenvalue weighted by Crippen LogP contribution is -2.44. The number of hydrogen-bond donors (Lipinski definition) is 2. The van der Waals surface area contributed by atoms with Crippen LogP contribution in [0.25, 0.3) is 0 Å². The normalized spacial score (nSPS) is 33.4. The van der Waals surface area contributed by atoms with Crippen LogP contribution in [0.4, 0.5) is 0 Å². The third-order valence-electron chi connectivity index (χ3n) is 3.55. The first kappa shape index (κ1) is 17.1. The SMILES string of the molecule is C=C1NC(=O)C=CN1C1OC(CCP(=C)(C)C)[C@@H](O)[C@H]1I. The van der Waals surface area contributed by atoms with E-state index in [4.69, 9.17) is 4.74 Å². The molecule has 1 amide bonds. The summed E-state index contributed by atoms with van der Waals surface area (Å²) in [6.45, 7) is 7.06. The highest BCUT2D eigenvalue weighted by molar-refractivity contribution is 14.1. The van der Waals surface area contributed by atoms with E-state index in [-0.39, 0.29) is 22.2 Å². The third kappa shape index (κ3) is 4.12. The van der Waals surface area contributed by atoms with Gasteiger partial charge in [-0.2, -0.15) is 0 Å². The van der Waals surface area contributed by atoms with Crippen molar-refractivity contribution in [1.29, 1.82) is 0 Å². The maximum absolute atomic E-state index is 11.3. The minimum absolute atomic E-state index is 0.0877. The molecule has 5 nitrogen and oxygen atoms in total. The molecule has 2 aliphatic heterocycles. The number of rotatable bonds is 4. The topological polar surface area (TPSA) is 61.8 Å². The summed E-state index contributed by atoms with van der Waals surface area (Å²) in [4.78, 5) is 13.0. The van der Waals surface area contributed by atoms with Crippen molar-refractivity contribution >= 4 is 41.7 Å². The highest BCUT2D eigenvalue weighted by Gasteiger charge is 2.45. The van der Waals surface area contributed by atoms with Gasteiger partial charge in [0, 0.05) is 12.3 Å². The summed E-state index contributed by atoms with van der Waals surface area (Å²) >= 11 is 2.20. The Balaban J connectivity index is 2.06. The number of aliphatic hydroxyl groups is 1. The molecule has 1 fully saturated rings. The van der Waals surface area contributed by atoms with E-state index in [1.807, 2.05) is 0 Å². The van der Waals surface area contributed by atoms with Crippen LogP contribution in [0.2, 0.25) is 0 Å². The number of nitrogens with one attached hydrogen (secondary N) is 1. The second-order valence-electron chi connectivity index (χ2n) is 6.11. The van der Waals surface area contributed by atoms with Gasteiger partial charge in [0.25, 0.3) is 5.91 Å². The van der Waals surface area contributed by atoms with Gasteiger partial charge in [-0.05, 0) is 25.9 Å². The zero-order valence-electron chi connectivity index (χ0n) is 12.3. The fourth-order valence-electron chi connectivity index (χ4n) is 2.37. The molecule has 0 bridgehead atoms. The molecular weight excluding hydrogens is 402 g/mol. The molecule has 0 saturated carbocycles. The van der Waals surface area contributed by atoms with E-state index in [0.29, 0.717) is 5.82 Å². The van der Waals surface area contributed by atoms with Crippen LogP contribution in [0.3, 0.4) is 0 Å². The van der Waals surface area contributed by atoms with Gasteiger partial charge in [0.05, 0.1) is 16.1 Å². The van der Waals surface area contributed by atoms with Crippen molar-refractivity contribution in [2.45, 2.75) is 28.8 Å². The van der Waals surface area contributed by atoms with Crippen LogP contribution in [0.5, 0.6) is 0 Å². The zero-order chi connectivity index (χ0) is 15.8. The van der Waals surface area contributed by atoms with Gasteiger partial charge in [-0.25, -0.2) is 0 Å². The molecule has 2 rings (SSSR count). The molecule has 2 unspecified atom stereocenters. The van der Waals surface area contributed by atoms with Gasteiger partial charge in [0.15, 0.2) is 0 Å². The standard InChI is InChI=1S/C14H22IN2O3P/c1-9-16-11(18)5-7-17(9)14-12(15)13(19)10(20-14)6-8-21(2,3)4/h5,7,10,12-14,19H,1-2,6,8H2,3-4H3,(H,16,18)/t10?,12-,13-,14?/m1/s1. The molecule has 2 aliphatic rings. The van der Waals surface area contributed by atoms with Crippen molar-refractivity contribution in [2.75, 3.05) is 19.5 Å². The summed E-state index contributed by atoms with van der Waals surface area (Å²) in [5, 5.41) is 13.0. The minimum atomic E-state index is -1.13. The number of carbonyl (C=O) groups is 1. The summed E-state index contributed by atoms with van der Waals surface area (Å²) in [7, 11) is 0. The molecule has 7 heteroatoms. The lowest BCUT2D eigenvalue weighted by Gasteiger charge is -2.32. The molecule has 2 N–H and O–H groups in total. The predicted molar refractivity (Wildman–Crippen MR) is 96.1 cm³/mol. The molecule has 1 saturated heterocycles. The average Bonchev–Trinajstić information content (AvgIpc) is 2.64. The lowest BCUT2D eigenvalue weighted by atomic mass is 10.1. The Labute approximate surface area is 139 Å². The number of halogens is 1. The maximum atomic E-state index is 11.3. The molecule has 21 heavy (non-hydrogen) atoms. The molecule has 0 radical (unpaired) electrons. The summed E-state index contributed by atoms with van der Waals surface area (Å²) in [6.07, 6.45) is 8.03. The number of nitrogens with zero attached hydrogens (tertiary/aromatic N) is 1. The van der Waals surface area contributed by atoms with Gasteiger partial charge in [-0.3, -0.25) is 4.79 Å². The number of aliphatic hydroxyl groups excluding tert-OH is 1. The molecule has 4 atom stereocenters. The van der Waals surface area contributed by atoms with Crippen LogP contribution in [-0.2, 0) is 9.53 Å². The highest BCUT2D eigenvalue weighted by atomic mass is 127. The number of amides is 1. The number of ether oxygens (including phenoxy) is 1. The third-order valence-corrected chi connectivity index (χ3v) is 6.37. The van der Waals surface area contributed by atoms with Gasteiger partial charge in [-0.15, -0.1) is 13.2 Å². The zero-order valence-corrected chi connectivity index (χ0v) is 15.4. The summed E-state index contributed by atoms with van der Waals surface area (Å²) in [5.41, 5.74) is 0. The molecule has 0 spiro atoms. The Hall–Kier alpha value is -0.300. The summed E-state index contributed by atoms with van der Waals surface area (Å²) in [5.74, 6) is 0.284. The van der Waals surface area contributed by atoms with E-state index in [2.05, 4.69) is 54.1 Å². The van der Waals surface area contributed by atoms with Crippen molar-refractivity contribution in [3.8, 4) is 0 Å². The molecule has 0 aromatic carbocycles. The Morgan fingerprint density at radius 3 is 2.81 bits per heavy atom. The van der Waals surface area contributed by atoms with E-state index in [0.717, 1.165) is 12.6 Å². The van der Waals surface area contributed by atoms with E-state index in [1.54, 1.807) is 11.1 Å². The van der Waals surface area contributed by atoms with Gasteiger partial charge < -0.3 is 20.1 Å². The van der Waals surface area contributed by atoms with Crippen LogP contribution in [0, 0.1) is 0 Å². The molecular formula is C14H22IN2O3P. The summed E-state index contributed by atoms with van der Waals surface area (Å²) < 4.78 is 5.93. The predicted octanol–water partition coefficient (Wildman–Crippen LogP) is 1.39. The van der Waals surface area contributed by atoms with Crippen molar-refractivity contribution in [2.24, 2.45) is 0 Å². The smallest absolute Gasteiger partial charge is 0.250 e. The Morgan fingerprint density at radius 2 is 2.24 bits per heavy atom. The average molecular weight is 424 g/mol. The van der Waals surface area contributed by atoms with E-state index >= 15 is 0 Å². The summed E-state index contributed by atoms with van der Waals surface area (Å²) in [6, 6.07) is 0. The lowest BCUT2D eigenvalue weighted by molar-refractivity contribution is -0.117.